The monoisotopic (exact) mass is 140 g/mol. The smallest absolute Gasteiger partial charge is 0.0869 e. The summed E-state index contributed by atoms with van der Waals surface area (Å²) in [6, 6.07) is 0. The van der Waals surface area contributed by atoms with E-state index >= 15 is 0 Å². The van der Waals surface area contributed by atoms with Crippen molar-refractivity contribution in [1.29, 1.82) is 0 Å². The summed E-state index contributed by atoms with van der Waals surface area (Å²) in [6.07, 6.45) is -0.609. The van der Waals surface area contributed by atoms with Gasteiger partial charge in [-0.15, -0.1) is 11.7 Å². The topological polar surface area (TPSA) is 40.5 Å². The number of hydrogen-bond donors (Lipinski definition) is 3. The molecule has 2 nitrogen and oxygen atoms in total. The van der Waals surface area contributed by atoms with Crippen LogP contribution in [0.2, 0.25) is 0 Å². The molecule has 0 saturated carbocycles. The third-order valence-electron chi connectivity index (χ3n) is 0.478. The first-order valence-electron chi connectivity index (χ1n) is 1.86. The Morgan fingerprint density at radius 3 is 2.43 bits per heavy atom. The van der Waals surface area contributed by atoms with Crippen LogP contribution in [-0.2, 0) is 0 Å². The number of hydrogen-bond acceptors (Lipinski definition) is 4. The molecule has 0 aliphatic carbocycles. The Bertz CT molecular complexity index is 41.9. The predicted octanol–water partition coefficient (Wildman–Crippen LogP) is -0.0824. The van der Waals surface area contributed by atoms with Gasteiger partial charge >= 0.3 is 0 Å². The van der Waals surface area contributed by atoms with Crippen molar-refractivity contribution in [2.45, 2.75) is 6.10 Å². The maximum atomic E-state index is 8.54. The molecule has 0 aromatic heterocycles. The lowest BCUT2D eigenvalue weighted by atomic mass is 10.4. The number of aliphatic hydroxyl groups is 2. The second-order valence-electron chi connectivity index (χ2n) is 1.13. The predicted molar refractivity (Wildman–Crippen MR) is 34.5 cm³/mol. The maximum absolute atomic E-state index is 8.54. The van der Waals surface area contributed by atoms with E-state index in [4.69, 9.17) is 10.2 Å². The molecule has 7 heavy (non-hydrogen) atoms. The van der Waals surface area contributed by atoms with Gasteiger partial charge in [0.25, 0.3) is 0 Å². The van der Waals surface area contributed by atoms with Crippen LogP contribution in [0, 0.1) is 0 Å². The van der Waals surface area contributed by atoms with Gasteiger partial charge < -0.3 is 10.2 Å². The van der Waals surface area contributed by atoms with E-state index in [-0.39, 0.29) is 6.61 Å². The Balaban J connectivity index is 2.83. The van der Waals surface area contributed by atoms with E-state index in [9.17, 15) is 0 Å². The molecule has 0 aromatic carbocycles. The molecule has 0 radical (unpaired) electrons. The van der Waals surface area contributed by atoms with Crippen LogP contribution in [0.15, 0.2) is 0 Å². The van der Waals surface area contributed by atoms with Gasteiger partial charge in [-0.3, -0.25) is 0 Å². The molecule has 0 spiro atoms. The molecule has 0 rings (SSSR count). The molecule has 0 fully saturated rings. The van der Waals surface area contributed by atoms with Crippen molar-refractivity contribution in [3.05, 3.63) is 0 Å². The van der Waals surface area contributed by atoms with E-state index in [0.29, 0.717) is 5.75 Å². The lowest BCUT2D eigenvalue weighted by Gasteiger charge is -2.00. The van der Waals surface area contributed by atoms with Gasteiger partial charge in [-0.2, -0.15) is 0 Å². The summed E-state index contributed by atoms with van der Waals surface area (Å²) in [4.78, 5) is 0. The van der Waals surface area contributed by atoms with Crippen molar-refractivity contribution in [3.8, 4) is 0 Å². The van der Waals surface area contributed by atoms with Gasteiger partial charge in [0, 0.05) is 5.75 Å². The Hall–Kier alpha value is 0.620. The van der Waals surface area contributed by atoms with Crippen molar-refractivity contribution in [2.75, 3.05) is 12.4 Å². The van der Waals surface area contributed by atoms with E-state index in [2.05, 4.69) is 11.7 Å². The van der Waals surface area contributed by atoms with Crippen LogP contribution < -0.4 is 0 Å². The maximum Gasteiger partial charge on any atom is 0.0869 e. The van der Waals surface area contributed by atoms with Crippen LogP contribution in [-0.4, -0.2) is 28.7 Å². The van der Waals surface area contributed by atoms with E-state index in [0.717, 1.165) is 0 Å². The number of rotatable bonds is 3. The molecule has 0 heterocycles. The Labute approximate surface area is 51.7 Å². The van der Waals surface area contributed by atoms with Gasteiger partial charge in [0.2, 0.25) is 0 Å². The average Bonchev–Trinajstić information content (AvgIpc) is 1.68. The van der Waals surface area contributed by atoms with E-state index in [1.165, 1.54) is 10.8 Å². The quantitative estimate of drug-likeness (QED) is 0.379. The Morgan fingerprint density at radius 1 is 1.71 bits per heavy atom. The van der Waals surface area contributed by atoms with Crippen molar-refractivity contribution < 1.29 is 10.2 Å². The standard InChI is InChI=1S/C3H8O2S2/c4-1-3(5)2-7-6/h3-6H,1-2H2/t3-/m1/s1. The van der Waals surface area contributed by atoms with Gasteiger partial charge in [0.1, 0.15) is 0 Å². The van der Waals surface area contributed by atoms with E-state index in [1.54, 1.807) is 0 Å². The third kappa shape index (κ3) is 4.47. The third-order valence-corrected chi connectivity index (χ3v) is 1.46. The molecule has 44 valence electrons. The summed E-state index contributed by atoms with van der Waals surface area (Å²) in [5, 5.41) is 16.7. The Morgan fingerprint density at radius 2 is 2.29 bits per heavy atom. The Kier molecular flexibility index (Phi) is 5.19. The van der Waals surface area contributed by atoms with Crippen LogP contribution in [0.3, 0.4) is 0 Å². The highest BCUT2D eigenvalue weighted by Gasteiger charge is 1.97. The summed E-state index contributed by atoms with van der Waals surface area (Å²) < 4.78 is 0. The van der Waals surface area contributed by atoms with Crippen molar-refractivity contribution in [1.82, 2.24) is 0 Å². The normalized spacial score (nSPS) is 14.1. The van der Waals surface area contributed by atoms with Gasteiger partial charge in [-0.25, -0.2) is 0 Å². The lowest BCUT2D eigenvalue weighted by Crippen LogP contribution is -2.13. The van der Waals surface area contributed by atoms with Gasteiger partial charge in [-0.1, -0.05) is 10.8 Å². The number of aliphatic hydroxyl groups excluding tert-OH is 2. The fraction of sp³-hybridized carbons (Fsp3) is 1.00. The largest absolute Gasteiger partial charge is 0.394 e. The zero-order chi connectivity index (χ0) is 5.70. The molecule has 0 saturated heterocycles. The second-order valence-corrected chi connectivity index (χ2v) is 2.50. The minimum atomic E-state index is -0.609. The van der Waals surface area contributed by atoms with Crippen molar-refractivity contribution in [3.63, 3.8) is 0 Å². The first-order valence-corrected chi connectivity index (χ1v) is 3.90. The fourth-order valence-electron chi connectivity index (χ4n) is 0.139. The number of thiol groups is 1. The molecule has 0 bridgehead atoms. The van der Waals surface area contributed by atoms with Crippen LogP contribution in [0.4, 0.5) is 0 Å². The lowest BCUT2D eigenvalue weighted by molar-refractivity contribution is 0.114. The average molecular weight is 140 g/mol. The molecular weight excluding hydrogens is 132 g/mol. The minimum absolute atomic E-state index is 0.173. The molecule has 0 aromatic rings. The molecule has 0 unspecified atom stereocenters. The molecule has 0 aliphatic heterocycles. The van der Waals surface area contributed by atoms with Crippen molar-refractivity contribution >= 4 is 22.5 Å². The summed E-state index contributed by atoms with van der Waals surface area (Å²) in [6.45, 7) is -0.173. The molecule has 4 heteroatoms. The minimum Gasteiger partial charge on any atom is -0.394 e. The molecule has 2 N–H and O–H groups in total. The highest BCUT2D eigenvalue weighted by atomic mass is 33.1. The second kappa shape index (κ2) is 4.77. The van der Waals surface area contributed by atoms with Crippen molar-refractivity contribution in [2.24, 2.45) is 0 Å². The summed E-state index contributed by atoms with van der Waals surface area (Å²) in [5.41, 5.74) is 0. The van der Waals surface area contributed by atoms with Gasteiger partial charge in [0.05, 0.1) is 12.7 Å². The highest BCUT2D eigenvalue weighted by molar-refractivity contribution is 8.68. The van der Waals surface area contributed by atoms with Gasteiger partial charge in [0.15, 0.2) is 0 Å². The van der Waals surface area contributed by atoms with E-state index in [1.807, 2.05) is 0 Å². The zero-order valence-electron chi connectivity index (χ0n) is 3.74. The van der Waals surface area contributed by atoms with E-state index < -0.39 is 6.10 Å². The zero-order valence-corrected chi connectivity index (χ0v) is 5.45. The van der Waals surface area contributed by atoms with Crippen LogP contribution in [0.25, 0.3) is 0 Å². The van der Waals surface area contributed by atoms with Crippen LogP contribution >= 0.6 is 22.5 Å². The molecule has 0 amide bonds. The molecule has 0 aliphatic rings. The SMILES string of the molecule is OC[C@@H](O)CSS. The van der Waals surface area contributed by atoms with Crippen LogP contribution in [0.5, 0.6) is 0 Å². The first kappa shape index (κ1) is 7.62. The summed E-state index contributed by atoms with van der Waals surface area (Å²) in [7, 11) is 1.22. The molecule has 1 atom stereocenters. The molecular formula is C3H8O2S2. The van der Waals surface area contributed by atoms with Crippen LogP contribution in [0.1, 0.15) is 0 Å². The fourth-order valence-corrected chi connectivity index (χ4v) is 0.932. The highest BCUT2D eigenvalue weighted by Crippen LogP contribution is 2.05. The van der Waals surface area contributed by atoms with Gasteiger partial charge in [-0.05, 0) is 0 Å². The summed E-state index contributed by atoms with van der Waals surface area (Å²) >= 11 is 3.76. The summed E-state index contributed by atoms with van der Waals surface area (Å²) in [5.74, 6) is 0.486. The first-order chi connectivity index (χ1) is 3.31.